The van der Waals surface area contributed by atoms with E-state index in [0.29, 0.717) is 30.3 Å². The van der Waals surface area contributed by atoms with Gasteiger partial charge in [-0.3, -0.25) is 4.79 Å². The van der Waals surface area contributed by atoms with Crippen molar-refractivity contribution < 1.29 is 9.53 Å². The van der Waals surface area contributed by atoms with Crippen molar-refractivity contribution in [1.29, 1.82) is 0 Å². The molecular formula is C19H25NO2. The fourth-order valence-electron chi connectivity index (χ4n) is 4.66. The lowest BCUT2D eigenvalue weighted by Crippen LogP contribution is -2.31. The predicted octanol–water partition coefficient (Wildman–Crippen LogP) is 2.60. The van der Waals surface area contributed by atoms with Crippen LogP contribution in [-0.2, 0) is 28.8 Å². The average molecular weight is 299 g/mol. The number of methoxy groups -OCH3 is 1. The molecule has 1 saturated heterocycles. The third kappa shape index (κ3) is 2.56. The number of carbonyl (C=O) groups excluding carboxylic acids is 1. The van der Waals surface area contributed by atoms with Crippen molar-refractivity contribution in [2.24, 2.45) is 11.8 Å². The van der Waals surface area contributed by atoms with Crippen LogP contribution in [0.3, 0.4) is 0 Å². The third-order valence-electron chi connectivity index (χ3n) is 5.91. The first-order valence-electron chi connectivity index (χ1n) is 8.64. The molecule has 0 radical (unpaired) electrons. The maximum absolute atomic E-state index is 12.6. The van der Waals surface area contributed by atoms with E-state index in [-0.39, 0.29) is 0 Å². The van der Waals surface area contributed by atoms with Gasteiger partial charge in [0.15, 0.2) is 0 Å². The van der Waals surface area contributed by atoms with Crippen molar-refractivity contribution in [3.8, 4) is 0 Å². The highest BCUT2D eigenvalue weighted by Gasteiger charge is 2.42. The Morgan fingerprint density at radius 2 is 1.91 bits per heavy atom. The first-order valence-corrected chi connectivity index (χ1v) is 8.64. The number of likely N-dealkylation sites (tertiary alicyclic amines) is 1. The zero-order chi connectivity index (χ0) is 15.1. The van der Waals surface area contributed by atoms with Crippen molar-refractivity contribution >= 4 is 5.91 Å². The topological polar surface area (TPSA) is 29.5 Å². The van der Waals surface area contributed by atoms with Crippen LogP contribution in [0.15, 0.2) is 18.2 Å². The zero-order valence-corrected chi connectivity index (χ0v) is 13.4. The van der Waals surface area contributed by atoms with Crippen molar-refractivity contribution in [3.63, 3.8) is 0 Å². The summed E-state index contributed by atoms with van der Waals surface area (Å²) >= 11 is 0. The Labute approximate surface area is 132 Å². The standard InChI is InChI=1S/C19H25NO2/c1-22-18-9-16-11-20(12-17(16)10-18)19(21)8-13-5-6-14-3-2-4-15(14)7-13/h5-7,16-18H,2-4,8-12H2,1H3/t16-,17+,18?. The van der Waals surface area contributed by atoms with Crippen molar-refractivity contribution in [1.82, 2.24) is 4.90 Å². The monoisotopic (exact) mass is 299 g/mol. The summed E-state index contributed by atoms with van der Waals surface area (Å²) < 4.78 is 5.48. The van der Waals surface area contributed by atoms with Crippen LogP contribution >= 0.6 is 0 Å². The number of aryl methyl sites for hydroxylation is 2. The van der Waals surface area contributed by atoms with Gasteiger partial charge in [-0.25, -0.2) is 0 Å². The highest BCUT2D eigenvalue weighted by molar-refractivity contribution is 5.79. The second kappa shape index (κ2) is 5.69. The summed E-state index contributed by atoms with van der Waals surface area (Å²) in [7, 11) is 1.81. The highest BCUT2D eigenvalue weighted by atomic mass is 16.5. The second-order valence-corrected chi connectivity index (χ2v) is 7.28. The van der Waals surface area contributed by atoms with Gasteiger partial charge in [0, 0.05) is 20.2 Å². The molecule has 1 aromatic carbocycles. The Balaban J connectivity index is 1.38. The van der Waals surface area contributed by atoms with Gasteiger partial charge < -0.3 is 9.64 Å². The van der Waals surface area contributed by atoms with Crippen LogP contribution in [0, 0.1) is 11.8 Å². The fourth-order valence-corrected chi connectivity index (χ4v) is 4.66. The van der Waals surface area contributed by atoms with Crippen molar-refractivity contribution in [3.05, 3.63) is 34.9 Å². The summed E-state index contributed by atoms with van der Waals surface area (Å²) in [5, 5.41) is 0. The lowest BCUT2D eigenvalue weighted by Gasteiger charge is -2.19. The molecule has 3 aliphatic rings. The summed E-state index contributed by atoms with van der Waals surface area (Å²) in [4.78, 5) is 14.7. The first kappa shape index (κ1) is 14.3. The van der Waals surface area contributed by atoms with Gasteiger partial charge in [-0.1, -0.05) is 18.2 Å². The van der Waals surface area contributed by atoms with Gasteiger partial charge in [-0.15, -0.1) is 0 Å². The summed E-state index contributed by atoms with van der Waals surface area (Å²) in [5.74, 6) is 1.63. The first-order chi connectivity index (χ1) is 10.7. The number of benzene rings is 1. The number of fused-ring (bicyclic) bond motifs is 2. The Hall–Kier alpha value is -1.35. The predicted molar refractivity (Wildman–Crippen MR) is 85.8 cm³/mol. The van der Waals surface area contributed by atoms with E-state index < -0.39 is 0 Å². The molecule has 2 aliphatic carbocycles. The van der Waals surface area contributed by atoms with E-state index in [0.717, 1.165) is 25.9 Å². The molecule has 0 aromatic heterocycles. The molecule has 0 N–H and O–H groups in total. The number of carbonyl (C=O) groups is 1. The minimum atomic E-state index is 0.307. The minimum Gasteiger partial charge on any atom is -0.381 e. The van der Waals surface area contributed by atoms with Gasteiger partial charge in [-0.05, 0) is 60.6 Å². The lowest BCUT2D eigenvalue weighted by molar-refractivity contribution is -0.129. The molecule has 3 atom stereocenters. The molecule has 0 spiro atoms. The molecule has 22 heavy (non-hydrogen) atoms. The largest absolute Gasteiger partial charge is 0.381 e. The van der Waals surface area contributed by atoms with E-state index >= 15 is 0 Å². The van der Waals surface area contributed by atoms with E-state index in [1.807, 2.05) is 7.11 Å². The van der Waals surface area contributed by atoms with Gasteiger partial charge in [0.1, 0.15) is 0 Å². The highest BCUT2D eigenvalue weighted by Crippen LogP contribution is 2.39. The van der Waals surface area contributed by atoms with Gasteiger partial charge in [0.05, 0.1) is 12.5 Å². The molecule has 4 rings (SSSR count). The van der Waals surface area contributed by atoms with Crippen LogP contribution in [0.5, 0.6) is 0 Å². The molecule has 3 heteroatoms. The molecule has 1 aromatic rings. The van der Waals surface area contributed by atoms with E-state index in [4.69, 9.17) is 4.74 Å². The average Bonchev–Trinajstić information content (AvgIpc) is 3.20. The third-order valence-corrected chi connectivity index (χ3v) is 5.91. The Morgan fingerprint density at radius 3 is 2.64 bits per heavy atom. The van der Waals surface area contributed by atoms with Crippen LogP contribution in [0.4, 0.5) is 0 Å². The molecule has 0 bridgehead atoms. The normalized spacial score (nSPS) is 29.7. The fraction of sp³-hybridized carbons (Fsp3) is 0.632. The summed E-state index contributed by atoms with van der Waals surface area (Å²) in [6.45, 7) is 1.88. The maximum Gasteiger partial charge on any atom is 0.227 e. The van der Waals surface area contributed by atoms with Gasteiger partial charge in [-0.2, -0.15) is 0 Å². The van der Waals surface area contributed by atoms with Crippen LogP contribution in [0.2, 0.25) is 0 Å². The Bertz CT molecular complexity index is 569. The molecule has 118 valence electrons. The van der Waals surface area contributed by atoms with Crippen LogP contribution in [-0.4, -0.2) is 37.1 Å². The zero-order valence-electron chi connectivity index (χ0n) is 13.4. The maximum atomic E-state index is 12.6. The van der Waals surface area contributed by atoms with Crippen LogP contribution in [0.25, 0.3) is 0 Å². The van der Waals surface area contributed by atoms with Gasteiger partial charge in [0.2, 0.25) is 5.91 Å². The molecule has 2 fully saturated rings. The molecule has 1 amide bonds. The summed E-state index contributed by atoms with van der Waals surface area (Å²) in [6, 6.07) is 6.64. The number of hydrogen-bond acceptors (Lipinski definition) is 2. The lowest BCUT2D eigenvalue weighted by atomic mass is 10.0. The van der Waals surface area contributed by atoms with Gasteiger partial charge in [0.25, 0.3) is 0 Å². The summed E-state index contributed by atoms with van der Waals surface area (Å²) in [5.41, 5.74) is 4.14. The number of amides is 1. The van der Waals surface area contributed by atoms with E-state index in [2.05, 4.69) is 23.1 Å². The number of nitrogens with zero attached hydrogens (tertiary/aromatic N) is 1. The quantitative estimate of drug-likeness (QED) is 0.858. The van der Waals surface area contributed by atoms with Crippen molar-refractivity contribution in [2.75, 3.05) is 20.2 Å². The SMILES string of the molecule is COC1C[C@@H]2CN(C(=O)Cc3ccc4c(c3)CCC4)C[C@@H]2C1. The molecule has 3 nitrogen and oxygen atoms in total. The van der Waals surface area contributed by atoms with E-state index in [1.165, 1.54) is 36.0 Å². The van der Waals surface area contributed by atoms with Gasteiger partial charge >= 0.3 is 0 Å². The summed E-state index contributed by atoms with van der Waals surface area (Å²) in [6.07, 6.45) is 6.91. The Kier molecular flexibility index (Phi) is 3.69. The Morgan fingerprint density at radius 1 is 1.18 bits per heavy atom. The molecular weight excluding hydrogens is 274 g/mol. The van der Waals surface area contributed by atoms with Crippen LogP contribution < -0.4 is 0 Å². The number of ether oxygens (including phenoxy) is 1. The van der Waals surface area contributed by atoms with Crippen molar-refractivity contribution in [2.45, 2.75) is 44.6 Å². The minimum absolute atomic E-state index is 0.307. The van der Waals surface area contributed by atoms with E-state index in [9.17, 15) is 4.79 Å². The second-order valence-electron chi connectivity index (χ2n) is 7.28. The molecule has 1 saturated carbocycles. The van der Waals surface area contributed by atoms with Crippen LogP contribution in [0.1, 0.15) is 36.0 Å². The smallest absolute Gasteiger partial charge is 0.227 e. The molecule has 1 unspecified atom stereocenters. The molecule has 1 aliphatic heterocycles. The molecule has 1 heterocycles. The number of hydrogen-bond donors (Lipinski definition) is 0. The van der Waals surface area contributed by atoms with E-state index in [1.54, 1.807) is 0 Å². The number of rotatable bonds is 3.